The first-order valence-electron chi connectivity index (χ1n) is 5.67. The third kappa shape index (κ3) is 3.82. The van der Waals surface area contributed by atoms with Crippen LogP contribution in [-0.4, -0.2) is 23.7 Å². The van der Waals surface area contributed by atoms with E-state index in [1.165, 1.54) is 0 Å². The van der Waals surface area contributed by atoms with Crippen molar-refractivity contribution in [2.24, 2.45) is 5.92 Å². The molecule has 0 spiro atoms. The molecule has 1 aliphatic heterocycles. The summed E-state index contributed by atoms with van der Waals surface area (Å²) in [6.45, 7) is 11.0. The van der Waals surface area contributed by atoms with Crippen LogP contribution in [0.5, 0.6) is 0 Å². The number of carbonyl (C=O) groups is 1. The molecule has 0 bridgehead atoms. The fourth-order valence-electron chi connectivity index (χ4n) is 2.02. The van der Waals surface area contributed by atoms with Gasteiger partial charge in [-0.3, -0.25) is 4.79 Å². The minimum atomic E-state index is -0.368. The van der Waals surface area contributed by atoms with Crippen LogP contribution >= 0.6 is 0 Å². The van der Waals surface area contributed by atoms with E-state index in [2.05, 4.69) is 19.2 Å². The third-order valence-electron chi connectivity index (χ3n) is 2.93. The number of rotatable bonds is 2. The van der Waals surface area contributed by atoms with E-state index in [0.29, 0.717) is 12.3 Å². The van der Waals surface area contributed by atoms with E-state index in [9.17, 15) is 4.79 Å². The van der Waals surface area contributed by atoms with Crippen molar-refractivity contribution in [2.45, 2.75) is 58.6 Å². The zero-order valence-corrected chi connectivity index (χ0v) is 10.5. The summed E-state index contributed by atoms with van der Waals surface area (Å²) < 4.78 is 5.33. The highest BCUT2D eigenvalue weighted by molar-refractivity contribution is 5.70. The van der Waals surface area contributed by atoms with E-state index in [1.54, 1.807) is 0 Å². The lowest BCUT2D eigenvalue weighted by Crippen LogP contribution is -2.39. The SMILES string of the molecule is CC(C)(C)OC(=O)CC1CCNC1(C)C. The van der Waals surface area contributed by atoms with Crippen molar-refractivity contribution in [3.05, 3.63) is 0 Å². The zero-order chi connectivity index (χ0) is 11.7. The number of carbonyl (C=O) groups excluding carboxylic acids is 1. The summed E-state index contributed by atoms with van der Waals surface area (Å²) in [7, 11) is 0. The standard InChI is InChI=1S/C12H23NO2/c1-11(2,3)15-10(14)8-9-6-7-13-12(9,4)5/h9,13H,6-8H2,1-5H3. The van der Waals surface area contributed by atoms with Gasteiger partial charge in [-0.2, -0.15) is 0 Å². The fourth-order valence-corrected chi connectivity index (χ4v) is 2.02. The Labute approximate surface area is 92.6 Å². The van der Waals surface area contributed by atoms with E-state index < -0.39 is 0 Å². The first kappa shape index (κ1) is 12.5. The molecule has 1 atom stereocenters. The van der Waals surface area contributed by atoms with Crippen LogP contribution in [0.15, 0.2) is 0 Å². The Balaban J connectivity index is 2.45. The maximum absolute atomic E-state index is 11.7. The Morgan fingerprint density at radius 3 is 2.47 bits per heavy atom. The first-order valence-corrected chi connectivity index (χ1v) is 5.67. The Hall–Kier alpha value is -0.570. The van der Waals surface area contributed by atoms with E-state index >= 15 is 0 Å². The Kier molecular flexibility index (Phi) is 3.44. The van der Waals surface area contributed by atoms with Crippen molar-refractivity contribution >= 4 is 5.97 Å². The highest BCUT2D eigenvalue weighted by atomic mass is 16.6. The monoisotopic (exact) mass is 213 g/mol. The van der Waals surface area contributed by atoms with Gasteiger partial charge in [-0.05, 0) is 53.5 Å². The summed E-state index contributed by atoms with van der Waals surface area (Å²) in [4.78, 5) is 11.7. The van der Waals surface area contributed by atoms with Gasteiger partial charge in [-0.15, -0.1) is 0 Å². The number of esters is 1. The Morgan fingerprint density at radius 1 is 1.47 bits per heavy atom. The molecule has 1 heterocycles. The maximum atomic E-state index is 11.7. The van der Waals surface area contributed by atoms with Crippen LogP contribution in [-0.2, 0) is 9.53 Å². The van der Waals surface area contributed by atoms with Gasteiger partial charge in [-0.1, -0.05) is 0 Å². The molecule has 1 aliphatic rings. The molecule has 0 radical (unpaired) electrons. The normalized spacial score (nSPS) is 25.3. The molecule has 1 rings (SSSR count). The molecule has 0 aromatic rings. The van der Waals surface area contributed by atoms with Crippen LogP contribution in [0.3, 0.4) is 0 Å². The number of nitrogens with one attached hydrogen (secondary N) is 1. The van der Waals surface area contributed by atoms with Crippen LogP contribution in [0.1, 0.15) is 47.5 Å². The van der Waals surface area contributed by atoms with Crippen molar-refractivity contribution in [1.82, 2.24) is 5.32 Å². The van der Waals surface area contributed by atoms with Crippen LogP contribution in [0.2, 0.25) is 0 Å². The lowest BCUT2D eigenvalue weighted by Gasteiger charge is -2.28. The van der Waals surface area contributed by atoms with Crippen LogP contribution < -0.4 is 5.32 Å². The molecule has 15 heavy (non-hydrogen) atoms. The van der Waals surface area contributed by atoms with Crippen molar-refractivity contribution in [2.75, 3.05) is 6.54 Å². The molecule has 1 unspecified atom stereocenters. The Morgan fingerprint density at radius 2 is 2.07 bits per heavy atom. The van der Waals surface area contributed by atoms with Gasteiger partial charge in [0.05, 0.1) is 6.42 Å². The van der Waals surface area contributed by atoms with Gasteiger partial charge in [0.2, 0.25) is 0 Å². The van der Waals surface area contributed by atoms with Gasteiger partial charge in [0, 0.05) is 5.54 Å². The lowest BCUT2D eigenvalue weighted by molar-refractivity contribution is -0.156. The van der Waals surface area contributed by atoms with E-state index in [0.717, 1.165) is 13.0 Å². The van der Waals surface area contributed by atoms with Crippen LogP contribution in [0, 0.1) is 5.92 Å². The molecule has 3 nitrogen and oxygen atoms in total. The van der Waals surface area contributed by atoms with Crippen LogP contribution in [0.25, 0.3) is 0 Å². The predicted molar refractivity (Wildman–Crippen MR) is 60.7 cm³/mol. The predicted octanol–water partition coefficient (Wildman–Crippen LogP) is 2.11. The highest BCUT2D eigenvalue weighted by Gasteiger charge is 2.36. The summed E-state index contributed by atoms with van der Waals surface area (Å²) in [6, 6.07) is 0. The highest BCUT2D eigenvalue weighted by Crippen LogP contribution is 2.29. The second-order valence-electron chi connectivity index (χ2n) is 5.92. The van der Waals surface area contributed by atoms with Gasteiger partial charge in [0.15, 0.2) is 0 Å². The molecular formula is C12H23NO2. The van der Waals surface area contributed by atoms with E-state index in [-0.39, 0.29) is 17.1 Å². The van der Waals surface area contributed by atoms with Crippen molar-refractivity contribution in [3.8, 4) is 0 Å². The number of hydrogen-bond donors (Lipinski definition) is 1. The topological polar surface area (TPSA) is 38.3 Å². The third-order valence-corrected chi connectivity index (χ3v) is 2.93. The second-order valence-corrected chi connectivity index (χ2v) is 5.92. The van der Waals surface area contributed by atoms with Gasteiger partial charge < -0.3 is 10.1 Å². The van der Waals surface area contributed by atoms with E-state index in [1.807, 2.05) is 20.8 Å². The summed E-state index contributed by atoms with van der Waals surface area (Å²) in [5, 5.41) is 3.41. The number of ether oxygens (including phenoxy) is 1. The average molecular weight is 213 g/mol. The molecule has 1 fully saturated rings. The second kappa shape index (κ2) is 4.12. The van der Waals surface area contributed by atoms with Gasteiger partial charge in [0.25, 0.3) is 0 Å². The first-order chi connectivity index (χ1) is 6.71. The molecule has 1 N–H and O–H groups in total. The van der Waals surface area contributed by atoms with E-state index in [4.69, 9.17) is 4.74 Å². The molecule has 0 saturated carbocycles. The Bertz CT molecular complexity index is 240. The summed E-state index contributed by atoms with van der Waals surface area (Å²) in [5.41, 5.74) is -0.301. The molecule has 0 aromatic carbocycles. The molecular weight excluding hydrogens is 190 g/mol. The van der Waals surface area contributed by atoms with Gasteiger partial charge in [-0.25, -0.2) is 0 Å². The number of hydrogen-bond acceptors (Lipinski definition) is 3. The average Bonchev–Trinajstić information content (AvgIpc) is 2.26. The van der Waals surface area contributed by atoms with Crippen molar-refractivity contribution < 1.29 is 9.53 Å². The van der Waals surface area contributed by atoms with Crippen molar-refractivity contribution in [3.63, 3.8) is 0 Å². The minimum absolute atomic E-state index is 0.0664. The molecule has 0 amide bonds. The molecule has 88 valence electrons. The minimum Gasteiger partial charge on any atom is -0.460 e. The summed E-state index contributed by atoms with van der Waals surface area (Å²) in [6.07, 6.45) is 1.59. The molecule has 0 aromatic heterocycles. The van der Waals surface area contributed by atoms with Gasteiger partial charge >= 0.3 is 5.97 Å². The zero-order valence-electron chi connectivity index (χ0n) is 10.5. The summed E-state index contributed by atoms with van der Waals surface area (Å²) in [5.74, 6) is 0.316. The molecule has 0 aliphatic carbocycles. The van der Waals surface area contributed by atoms with Crippen LogP contribution in [0.4, 0.5) is 0 Å². The van der Waals surface area contributed by atoms with Gasteiger partial charge in [0.1, 0.15) is 5.60 Å². The fraction of sp³-hybridized carbons (Fsp3) is 0.917. The molecule has 3 heteroatoms. The lowest BCUT2D eigenvalue weighted by atomic mass is 9.86. The largest absolute Gasteiger partial charge is 0.460 e. The quantitative estimate of drug-likeness (QED) is 0.714. The maximum Gasteiger partial charge on any atom is 0.306 e. The molecule has 1 saturated heterocycles. The summed E-state index contributed by atoms with van der Waals surface area (Å²) >= 11 is 0. The van der Waals surface area contributed by atoms with Crippen molar-refractivity contribution in [1.29, 1.82) is 0 Å². The smallest absolute Gasteiger partial charge is 0.306 e.